The Kier molecular flexibility index (Phi) is 3.62. The van der Waals surface area contributed by atoms with E-state index < -0.39 is 0 Å². The molecule has 0 radical (unpaired) electrons. The van der Waals surface area contributed by atoms with Gasteiger partial charge >= 0.3 is 0 Å². The van der Waals surface area contributed by atoms with Crippen molar-refractivity contribution in [2.24, 2.45) is 5.92 Å². The van der Waals surface area contributed by atoms with Crippen LogP contribution in [-0.4, -0.2) is 16.4 Å². The first kappa shape index (κ1) is 9.47. The highest BCUT2D eigenvalue weighted by Crippen LogP contribution is 2.38. The lowest BCUT2D eigenvalue weighted by atomic mass is 10.1. The zero-order chi connectivity index (χ0) is 8.93. The summed E-state index contributed by atoms with van der Waals surface area (Å²) in [6.45, 7) is 1.06. The molecule has 0 aromatic heterocycles. The van der Waals surface area contributed by atoms with Crippen molar-refractivity contribution in [1.82, 2.24) is 0 Å². The van der Waals surface area contributed by atoms with Crippen molar-refractivity contribution >= 4 is 9.76 Å². The van der Waals surface area contributed by atoms with Gasteiger partial charge in [0.1, 0.15) is 0 Å². The zero-order valence-corrected chi connectivity index (χ0v) is 9.84. The lowest BCUT2D eigenvalue weighted by Crippen LogP contribution is -2.06. The number of hydrogen-bond donors (Lipinski definition) is 0. The monoisotopic (exact) mass is 196 g/mol. The molecule has 0 amide bonds. The van der Waals surface area contributed by atoms with Gasteiger partial charge in [0.25, 0.3) is 0 Å². The van der Waals surface area contributed by atoms with Crippen LogP contribution >= 0.6 is 0 Å². The maximum Gasteiger partial charge on any atom is 0.161 e. The van der Waals surface area contributed by atoms with Gasteiger partial charge in [0.2, 0.25) is 0 Å². The minimum atomic E-state index is 0.00849. The summed E-state index contributed by atoms with van der Waals surface area (Å²) in [5.41, 5.74) is 1.74. The van der Waals surface area contributed by atoms with Crippen molar-refractivity contribution in [3.63, 3.8) is 0 Å². The van der Waals surface area contributed by atoms with E-state index in [4.69, 9.17) is 4.43 Å². The number of hydrogen-bond acceptors (Lipinski definition) is 1. The summed E-state index contributed by atoms with van der Waals surface area (Å²) >= 11 is 0. The van der Waals surface area contributed by atoms with Crippen molar-refractivity contribution < 1.29 is 4.43 Å². The lowest BCUT2D eigenvalue weighted by molar-refractivity contribution is 0.304. The van der Waals surface area contributed by atoms with Crippen LogP contribution in [0.1, 0.15) is 38.5 Å². The van der Waals surface area contributed by atoms with E-state index in [1.165, 1.54) is 44.6 Å². The number of fused-ring (bicyclic) bond motifs is 2. The molecule has 3 rings (SSSR count). The van der Waals surface area contributed by atoms with E-state index >= 15 is 0 Å². The summed E-state index contributed by atoms with van der Waals surface area (Å²) in [6, 6.07) is 1.42. The van der Waals surface area contributed by atoms with Gasteiger partial charge in [-0.1, -0.05) is 18.1 Å². The molecule has 74 valence electrons. The topological polar surface area (TPSA) is 9.23 Å². The predicted molar refractivity (Wildman–Crippen MR) is 58.6 cm³/mol. The van der Waals surface area contributed by atoms with Crippen molar-refractivity contribution in [2.45, 2.75) is 44.6 Å². The van der Waals surface area contributed by atoms with E-state index in [1.54, 1.807) is 5.57 Å². The van der Waals surface area contributed by atoms with Crippen LogP contribution in [0, 0.1) is 5.92 Å². The van der Waals surface area contributed by atoms with Gasteiger partial charge in [-0.25, -0.2) is 0 Å². The molecule has 2 heteroatoms. The Hall–Kier alpha value is -0.0831. The second kappa shape index (κ2) is 4.96. The summed E-state index contributed by atoms with van der Waals surface area (Å²) in [6.07, 6.45) is 10.9. The first-order valence-corrected chi connectivity index (χ1v) is 7.28. The Morgan fingerprint density at radius 2 is 2.38 bits per heavy atom. The van der Waals surface area contributed by atoms with E-state index in [0.29, 0.717) is 0 Å². The highest BCUT2D eigenvalue weighted by atomic mass is 28.2. The lowest BCUT2D eigenvalue weighted by Gasteiger charge is -2.07. The molecule has 1 saturated carbocycles. The highest BCUT2D eigenvalue weighted by molar-refractivity contribution is 6.27. The van der Waals surface area contributed by atoms with E-state index in [2.05, 4.69) is 6.08 Å². The maximum absolute atomic E-state index is 5.21. The molecule has 0 N–H and O–H groups in total. The Morgan fingerprint density at radius 1 is 1.38 bits per heavy atom. The molecule has 2 fully saturated rings. The molecule has 1 atom stereocenters. The second-order valence-electron chi connectivity index (χ2n) is 4.38. The number of allylic oxidation sites excluding steroid dienone is 2. The summed E-state index contributed by atoms with van der Waals surface area (Å²) < 4.78 is 5.21. The molecule has 13 heavy (non-hydrogen) atoms. The third-order valence-corrected chi connectivity index (χ3v) is 4.61. The summed E-state index contributed by atoms with van der Waals surface area (Å²) in [5.74, 6) is 1.08. The molecule has 3 aliphatic rings. The van der Waals surface area contributed by atoms with Crippen LogP contribution < -0.4 is 0 Å². The molecule has 1 saturated heterocycles. The Balaban J connectivity index is 0.000000102. The Bertz CT molecular complexity index is 173. The average molecular weight is 196 g/mol. The quantitative estimate of drug-likeness (QED) is 0.427. The van der Waals surface area contributed by atoms with Gasteiger partial charge in [0.15, 0.2) is 9.76 Å². The molecule has 0 spiro atoms. The van der Waals surface area contributed by atoms with Crippen LogP contribution in [0.4, 0.5) is 0 Å². The second-order valence-corrected chi connectivity index (χ2v) is 5.90. The van der Waals surface area contributed by atoms with E-state index in [9.17, 15) is 0 Å². The fourth-order valence-corrected chi connectivity index (χ4v) is 3.54. The standard InChI is InChI=1S/C7H10.C4H10OSi/c1-2-7-4-3-6(1)5-7;1-2-4-6-5-3-1/h1,7H,2-5H2;1-4,6H2. The van der Waals surface area contributed by atoms with Gasteiger partial charge in [0.05, 0.1) is 0 Å². The first-order chi connectivity index (χ1) is 6.45. The summed E-state index contributed by atoms with van der Waals surface area (Å²) in [7, 11) is 0.00849. The third kappa shape index (κ3) is 2.95. The molecule has 2 bridgehead atoms. The molecule has 1 aliphatic heterocycles. The van der Waals surface area contributed by atoms with Crippen LogP contribution in [0.25, 0.3) is 0 Å². The molecule has 1 unspecified atom stereocenters. The van der Waals surface area contributed by atoms with Crippen LogP contribution in [0.2, 0.25) is 6.04 Å². The maximum atomic E-state index is 5.21. The zero-order valence-electron chi connectivity index (χ0n) is 8.43. The Labute approximate surface area is 83.5 Å². The first-order valence-electron chi connectivity index (χ1n) is 5.71. The van der Waals surface area contributed by atoms with Gasteiger partial charge in [-0.05, 0) is 44.1 Å². The van der Waals surface area contributed by atoms with E-state index in [1.807, 2.05) is 0 Å². The molecule has 0 aromatic carbocycles. The fourth-order valence-electron chi connectivity index (χ4n) is 2.37. The third-order valence-electron chi connectivity index (χ3n) is 3.24. The minimum absolute atomic E-state index is 0.00849. The van der Waals surface area contributed by atoms with E-state index in [0.717, 1.165) is 12.5 Å². The van der Waals surface area contributed by atoms with Crippen LogP contribution in [-0.2, 0) is 4.43 Å². The van der Waals surface area contributed by atoms with Gasteiger partial charge in [-0.2, -0.15) is 0 Å². The smallest absolute Gasteiger partial charge is 0.161 e. The predicted octanol–water partition coefficient (Wildman–Crippen LogP) is 2.42. The van der Waals surface area contributed by atoms with Crippen LogP contribution in [0.15, 0.2) is 11.6 Å². The fraction of sp³-hybridized carbons (Fsp3) is 0.818. The van der Waals surface area contributed by atoms with Crippen LogP contribution in [0.3, 0.4) is 0 Å². The van der Waals surface area contributed by atoms with E-state index in [-0.39, 0.29) is 9.76 Å². The molecule has 2 aliphatic carbocycles. The van der Waals surface area contributed by atoms with Gasteiger partial charge in [-0.15, -0.1) is 0 Å². The van der Waals surface area contributed by atoms with Crippen molar-refractivity contribution in [1.29, 1.82) is 0 Å². The molecule has 1 heterocycles. The molecule has 1 nitrogen and oxygen atoms in total. The Morgan fingerprint density at radius 3 is 2.54 bits per heavy atom. The van der Waals surface area contributed by atoms with Crippen molar-refractivity contribution in [2.75, 3.05) is 6.61 Å². The molecule has 0 aromatic rings. The van der Waals surface area contributed by atoms with Gasteiger partial charge < -0.3 is 4.43 Å². The van der Waals surface area contributed by atoms with Crippen molar-refractivity contribution in [3.05, 3.63) is 11.6 Å². The summed E-state index contributed by atoms with van der Waals surface area (Å²) in [5, 5.41) is 0. The normalized spacial score (nSPS) is 32.6. The van der Waals surface area contributed by atoms with Gasteiger partial charge in [-0.3, -0.25) is 0 Å². The molecular formula is C11H20OSi. The van der Waals surface area contributed by atoms with Gasteiger partial charge in [0, 0.05) is 6.61 Å². The summed E-state index contributed by atoms with van der Waals surface area (Å²) in [4.78, 5) is 0. The largest absolute Gasteiger partial charge is 0.424 e. The number of rotatable bonds is 0. The van der Waals surface area contributed by atoms with Crippen molar-refractivity contribution in [3.8, 4) is 0 Å². The average Bonchev–Trinajstić information content (AvgIpc) is 2.85. The highest BCUT2D eigenvalue weighted by Gasteiger charge is 2.22. The SMILES string of the molecule is C1=C2CCC(C1)C2.C1CC[SiH2]OC1. The van der Waals surface area contributed by atoms with Crippen LogP contribution in [0.5, 0.6) is 0 Å². The minimum Gasteiger partial charge on any atom is -0.424 e. The molecular weight excluding hydrogens is 176 g/mol.